The Kier molecular flexibility index (Phi) is 3.18. The fourth-order valence-corrected chi connectivity index (χ4v) is 1.55. The molecular formula is C12H11NO5. The first-order chi connectivity index (χ1) is 8.63. The van der Waals surface area contributed by atoms with Gasteiger partial charge < -0.3 is 19.5 Å². The van der Waals surface area contributed by atoms with E-state index in [4.69, 9.17) is 9.84 Å². The zero-order valence-electron chi connectivity index (χ0n) is 9.58. The topological polar surface area (TPSA) is 92.8 Å². The normalized spacial score (nSPS) is 10.3. The first-order valence-electron chi connectivity index (χ1n) is 5.28. The maximum atomic E-state index is 10.7. The van der Waals surface area contributed by atoms with Crippen molar-refractivity contribution in [1.29, 1.82) is 0 Å². The number of aromatic carboxylic acids is 1. The number of phenolic OH excluding ortho intramolecular Hbond substituents is 1. The number of ether oxygens (including phenoxy) is 1. The van der Waals surface area contributed by atoms with Crippen LogP contribution in [0.4, 0.5) is 0 Å². The molecule has 0 saturated heterocycles. The molecule has 0 aliphatic carbocycles. The number of carbonyl (C=O) groups is 1. The highest BCUT2D eigenvalue weighted by Crippen LogP contribution is 2.37. The minimum absolute atomic E-state index is 0.0498. The summed E-state index contributed by atoms with van der Waals surface area (Å²) in [5.74, 6) is -1.15. The van der Waals surface area contributed by atoms with Gasteiger partial charge in [0.05, 0.1) is 12.2 Å². The molecule has 0 aliphatic rings. The van der Waals surface area contributed by atoms with Crippen LogP contribution in [0.15, 0.2) is 28.8 Å². The van der Waals surface area contributed by atoms with Crippen LogP contribution in [-0.4, -0.2) is 27.9 Å². The Morgan fingerprint density at radius 3 is 2.89 bits per heavy atom. The number of aromatic nitrogens is 1. The Hall–Kier alpha value is -2.50. The van der Waals surface area contributed by atoms with Gasteiger partial charge in [0.15, 0.2) is 0 Å². The maximum absolute atomic E-state index is 10.7. The van der Waals surface area contributed by atoms with E-state index in [0.29, 0.717) is 17.9 Å². The van der Waals surface area contributed by atoms with E-state index < -0.39 is 5.97 Å². The molecule has 0 aliphatic heterocycles. The van der Waals surface area contributed by atoms with Gasteiger partial charge in [0, 0.05) is 6.07 Å². The van der Waals surface area contributed by atoms with Crippen LogP contribution in [0.5, 0.6) is 11.5 Å². The van der Waals surface area contributed by atoms with Gasteiger partial charge in [-0.05, 0) is 19.1 Å². The largest absolute Gasteiger partial charge is 0.507 e. The quantitative estimate of drug-likeness (QED) is 0.862. The third kappa shape index (κ3) is 2.13. The summed E-state index contributed by atoms with van der Waals surface area (Å²) >= 11 is 0. The zero-order valence-corrected chi connectivity index (χ0v) is 9.58. The lowest BCUT2D eigenvalue weighted by Crippen LogP contribution is -1.94. The van der Waals surface area contributed by atoms with Gasteiger partial charge in [0.1, 0.15) is 17.2 Å². The highest BCUT2D eigenvalue weighted by Gasteiger charge is 2.18. The van der Waals surface area contributed by atoms with Gasteiger partial charge in [-0.1, -0.05) is 11.2 Å². The third-order valence-corrected chi connectivity index (χ3v) is 2.28. The summed E-state index contributed by atoms with van der Waals surface area (Å²) in [5, 5.41) is 22.2. The minimum atomic E-state index is -1.22. The van der Waals surface area contributed by atoms with Crippen LogP contribution in [0.25, 0.3) is 11.3 Å². The molecule has 2 rings (SSSR count). The Balaban J connectivity index is 2.51. The number of phenols is 1. The molecule has 18 heavy (non-hydrogen) atoms. The Morgan fingerprint density at radius 2 is 2.28 bits per heavy atom. The molecule has 94 valence electrons. The number of benzene rings is 1. The van der Waals surface area contributed by atoms with E-state index >= 15 is 0 Å². The number of rotatable bonds is 4. The number of hydrogen-bond donors (Lipinski definition) is 2. The van der Waals surface area contributed by atoms with E-state index in [9.17, 15) is 9.90 Å². The highest BCUT2D eigenvalue weighted by molar-refractivity contribution is 5.86. The monoisotopic (exact) mass is 249 g/mol. The molecule has 1 aromatic heterocycles. The van der Waals surface area contributed by atoms with Crippen molar-refractivity contribution in [3.8, 4) is 22.8 Å². The van der Waals surface area contributed by atoms with Crippen molar-refractivity contribution in [3.63, 3.8) is 0 Å². The Morgan fingerprint density at radius 1 is 1.50 bits per heavy atom. The lowest BCUT2D eigenvalue weighted by Gasteiger charge is -2.08. The molecule has 0 bridgehead atoms. The van der Waals surface area contributed by atoms with Gasteiger partial charge in [-0.2, -0.15) is 0 Å². The third-order valence-electron chi connectivity index (χ3n) is 2.28. The first kappa shape index (κ1) is 12.0. The van der Waals surface area contributed by atoms with Crippen LogP contribution in [0.1, 0.15) is 17.5 Å². The number of hydrogen-bond acceptors (Lipinski definition) is 5. The average Bonchev–Trinajstić information content (AvgIpc) is 2.79. The average molecular weight is 249 g/mol. The molecular weight excluding hydrogens is 238 g/mol. The molecule has 2 aromatic rings. The van der Waals surface area contributed by atoms with Crippen molar-refractivity contribution in [3.05, 3.63) is 30.0 Å². The molecule has 2 N–H and O–H groups in total. The van der Waals surface area contributed by atoms with Gasteiger partial charge >= 0.3 is 5.97 Å². The van der Waals surface area contributed by atoms with Crippen molar-refractivity contribution < 1.29 is 24.3 Å². The fraction of sp³-hybridized carbons (Fsp3) is 0.167. The fourth-order valence-electron chi connectivity index (χ4n) is 1.55. The van der Waals surface area contributed by atoms with E-state index in [2.05, 4.69) is 9.68 Å². The lowest BCUT2D eigenvalue weighted by atomic mass is 10.1. The standard InChI is InChI=1S/C12H11NO5/c1-2-17-9-5-3-4-8(14)11(9)7-6-10(12(15)16)18-13-7/h3-6,14H,2H2,1H3,(H,15,16). The number of aromatic hydroxyl groups is 1. The predicted molar refractivity (Wildman–Crippen MR) is 61.7 cm³/mol. The van der Waals surface area contributed by atoms with Gasteiger partial charge in [0.2, 0.25) is 5.76 Å². The molecule has 0 atom stereocenters. The lowest BCUT2D eigenvalue weighted by molar-refractivity contribution is 0.0652. The Bertz CT molecular complexity index is 576. The Labute approximate surface area is 102 Å². The summed E-state index contributed by atoms with van der Waals surface area (Å²) in [6.07, 6.45) is 0. The predicted octanol–water partition coefficient (Wildman–Crippen LogP) is 2.14. The van der Waals surface area contributed by atoms with Crippen molar-refractivity contribution in [2.45, 2.75) is 6.92 Å². The molecule has 0 spiro atoms. The van der Waals surface area contributed by atoms with Crippen LogP contribution >= 0.6 is 0 Å². The smallest absolute Gasteiger partial charge is 0.374 e. The van der Waals surface area contributed by atoms with E-state index in [0.717, 1.165) is 0 Å². The minimum Gasteiger partial charge on any atom is -0.507 e. The molecule has 0 radical (unpaired) electrons. The summed E-state index contributed by atoms with van der Waals surface area (Å²) < 4.78 is 10.0. The van der Waals surface area contributed by atoms with Crippen LogP contribution in [0, 0.1) is 0 Å². The van der Waals surface area contributed by atoms with Crippen LogP contribution in [-0.2, 0) is 0 Å². The zero-order chi connectivity index (χ0) is 13.1. The second-order valence-electron chi connectivity index (χ2n) is 3.46. The van der Waals surface area contributed by atoms with Gasteiger partial charge in [-0.25, -0.2) is 4.79 Å². The molecule has 6 heteroatoms. The van der Waals surface area contributed by atoms with Crippen LogP contribution in [0.3, 0.4) is 0 Å². The van der Waals surface area contributed by atoms with Gasteiger partial charge in [-0.3, -0.25) is 0 Å². The highest BCUT2D eigenvalue weighted by atomic mass is 16.5. The second-order valence-corrected chi connectivity index (χ2v) is 3.46. The number of carboxylic acids is 1. The molecule has 6 nitrogen and oxygen atoms in total. The van der Waals surface area contributed by atoms with Crippen LogP contribution < -0.4 is 4.74 Å². The van der Waals surface area contributed by atoms with E-state index in [-0.39, 0.29) is 17.2 Å². The molecule has 0 amide bonds. The summed E-state index contributed by atoms with van der Waals surface area (Å²) in [5.41, 5.74) is 0.532. The van der Waals surface area contributed by atoms with Gasteiger partial charge in [-0.15, -0.1) is 0 Å². The molecule has 0 fully saturated rings. The SMILES string of the molecule is CCOc1cccc(O)c1-c1cc(C(=O)O)on1. The summed E-state index contributed by atoms with van der Waals surface area (Å²) in [6, 6.07) is 5.99. The van der Waals surface area contributed by atoms with Crippen LogP contribution in [0.2, 0.25) is 0 Å². The van der Waals surface area contributed by atoms with E-state index in [1.165, 1.54) is 12.1 Å². The summed E-state index contributed by atoms with van der Waals surface area (Å²) in [7, 11) is 0. The number of nitrogens with zero attached hydrogens (tertiary/aromatic N) is 1. The molecule has 1 aromatic carbocycles. The molecule has 1 heterocycles. The van der Waals surface area contributed by atoms with E-state index in [1.807, 2.05) is 0 Å². The van der Waals surface area contributed by atoms with Crippen molar-refractivity contribution in [2.75, 3.05) is 6.61 Å². The van der Waals surface area contributed by atoms with Crippen molar-refractivity contribution >= 4 is 5.97 Å². The van der Waals surface area contributed by atoms with Crippen molar-refractivity contribution in [2.24, 2.45) is 0 Å². The van der Waals surface area contributed by atoms with Crippen molar-refractivity contribution in [1.82, 2.24) is 5.16 Å². The molecule has 0 saturated carbocycles. The first-order valence-corrected chi connectivity index (χ1v) is 5.28. The number of carboxylic acid groups (broad SMARTS) is 1. The van der Waals surface area contributed by atoms with E-state index in [1.54, 1.807) is 19.1 Å². The second kappa shape index (κ2) is 4.79. The summed E-state index contributed by atoms with van der Waals surface area (Å²) in [6.45, 7) is 2.22. The summed E-state index contributed by atoms with van der Waals surface area (Å²) in [4.78, 5) is 10.7. The maximum Gasteiger partial charge on any atom is 0.374 e. The van der Waals surface area contributed by atoms with Gasteiger partial charge in [0.25, 0.3) is 0 Å². The molecule has 0 unspecified atom stereocenters.